The molecule has 0 N–H and O–H groups in total. The van der Waals surface area contributed by atoms with Gasteiger partial charge >= 0.3 is 0 Å². The van der Waals surface area contributed by atoms with Crippen molar-refractivity contribution in [2.24, 2.45) is 0 Å². The summed E-state index contributed by atoms with van der Waals surface area (Å²) < 4.78 is 72.2. The smallest absolute Gasteiger partial charge is 0.225 e. The van der Waals surface area contributed by atoms with E-state index in [4.69, 9.17) is 0 Å². The summed E-state index contributed by atoms with van der Waals surface area (Å²) in [5.74, 6) is 0. The zero-order valence-electron chi connectivity index (χ0n) is 9.65. The number of rotatable bonds is 4. The fraction of sp³-hybridized carbons (Fsp3) is 1.00. The van der Waals surface area contributed by atoms with Crippen molar-refractivity contribution in [3.63, 3.8) is 0 Å². The van der Waals surface area contributed by atoms with Gasteiger partial charge in [0.2, 0.25) is 10.0 Å². The van der Waals surface area contributed by atoms with E-state index in [2.05, 4.69) is 0 Å². The topological polar surface area (TPSA) is 71.5 Å². The molecule has 0 saturated heterocycles. The third-order valence-electron chi connectivity index (χ3n) is 1.90. The van der Waals surface area contributed by atoms with Crippen molar-refractivity contribution in [1.29, 1.82) is 0 Å². The molecule has 130 valence electrons. The molecule has 0 atom stereocenters. The molecule has 20 heavy (non-hydrogen) atoms. The molecular formula is C11H31F2NO4S2. The van der Waals surface area contributed by atoms with Gasteiger partial charge in [0.05, 0.1) is 0 Å². The Labute approximate surface area is 124 Å². The second-order valence-electron chi connectivity index (χ2n) is 4.12. The van der Waals surface area contributed by atoms with Gasteiger partial charge in [-0.15, -0.1) is 0 Å². The van der Waals surface area contributed by atoms with Gasteiger partial charge in [0.25, 0.3) is 20.0 Å². The first-order valence-corrected chi connectivity index (χ1v) is 7.15. The van der Waals surface area contributed by atoms with Crippen LogP contribution in [0.4, 0.5) is 8.78 Å². The summed E-state index contributed by atoms with van der Waals surface area (Å²) in [6.45, 7) is 2.72. The number of nitrogens with zero attached hydrogens (tertiary/aromatic N) is 1. The van der Waals surface area contributed by atoms with Crippen molar-refractivity contribution in [2.75, 3.05) is 7.05 Å². The maximum absolute atomic E-state index is 13.3. The monoisotopic (exact) mass is 343 g/mol. The van der Waals surface area contributed by atoms with Crippen molar-refractivity contribution in [1.82, 2.24) is 3.71 Å². The van der Waals surface area contributed by atoms with E-state index in [0.717, 1.165) is 0 Å². The van der Waals surface area contributed by atoms with Gasteiger partial charge in [-0.2, -0.15) is 0 Å². The van der Waals surface area contributed by atoms with E-state index in [-0.39, 0.29) is 33.4 Å². The van der Waals surface area contributed by atoms with Crippen LogP contribution < -0.4 is 0 Å². The quantitative estimate of drug-likeness (QED) is 0.783. The van der Waals surface area contributed by atoms with Gasteiger partial charge in [-0.05, 0) is 27.7 Å². The van der Waals surface area contributed by atoms with E-state index in [0.29, 0.717) is 34.7 Å². The molecule has 0 amide bonds. The zero-order valence-corrected chi connectivity index (χ0v) is 11.3. The van der Waals surface area contributed by atoms with Crippen LogP contribution in [-0.4, -0.2) is 37.6 Å². The molecule has 9 heteroatoms. The van der Waals surface area contributed by atoms with Crippen LogP contribution in [0.25, 0.3) is 0 Å². The number of hydrogen-bond acceptors (Lipinski definition) is 4. The Morgan fingerprint density at radius 2 is 0.850 bits per heavy atom. The van der Waals surface area contributed by atoms with Crippen LogP contribution >= 0.6 is 0 Å². The summed E-state index contributed by atoms with van der Waals surface area (Å²) in [5, 5.41) is -5.61. The predicted octanol–water partition coefficient (Wildman–Crippen LogP) is 3.53. The van der Waals surface area contributed by atoms with Gasteiger partial charge in [-0.25, -0.2) is 25.6 Å². The minimum absolute atomic E-state index is 0. The molecule has 0 saturated carbocycles. The Hall–Kier alpha value is -0.280. The summed E-state index contributed by atoms with van der Waals surface area (Å²) >= 11 is 0. The first-order chi connectivity index (χ1) is 6.65. The number of hydrogen-bond donors (Lipinski definition) is 0. The highest BCUT2D eigenvalue weighted by Crippen LogP contribution is 2.29. The fourth-order valence-corrected chi connectivity index (χ4v) is 4.06. The van der Waals surface area contributed by atoms with E-state index < -0.39 is 30.0 Å². The third-order valence-corrected chi connectivity index (χ3v) is 6.89. The zero-order chi connectivity index (χ0) is 13.6. The molecule has 0 radical (unpaired) electrons. The van der Waals surface area contributed by atoms with Crippen LogP contribution in [0.15, 0.2) is 0 Å². The lowest BCUT2D eigenvalue weighted by atomic mass is 10.5. The number of alkyl halides is 2. The molecule has 0 aliphatic rings. The maximum Gasteiger partial charge on any atom is 0.261 e. The highest BCUT2D eigenvalue weighted by Gasteiger charge is 2.49. The lowest BCUT2D eigenvalue weighted by molar-refractivity contribution is 0.293. The van der Waals surface area contributed by atoms with Crippen LogP contribution in [-0.2, 0) is 20.0 Å². The van der Waals surface area contributed by atoms with E-state index in [1.165, 1.54) is 0 Å². The lowest BCUT2D eigenvalue weighted by Crippen LogP contribution is -2.48. The van der Waals surface area contributed by atoms with E-state index in [1.807, 2.05) is 0 Å². The lowest BCUT2D eigenvalue weighted by Gasteiger charge is -2.27. The average Bonchev–Trinajstić information content (AvgIpc) is 1.98. The molecule has 0 spiro atoms. The van der Waals surface area contributed by atoms with Crippen LogP contribution in [0.3, 0.4) is 0 Å². The predicted molar refractivity (Wildman–Crippen MR) is 82.9 cm³/mol. The maximum atomic E-state index is 13.3. The standard InChI is InChI=1S/C7H15F2NO4S2.4CH4/c1-6(2,8)15(11,12)10(5)16(13,14)7(3,4)9;;;;/h1-5H3;4*1H4. The van der Waals surface area contributed by atoms with Gasteiger partial charge in [-0.3, -0.25) is 0 Å². The van der Waals surface area contributed by atoms with Crippen LogP contribution in [0.2, 0.25) is 0 Å². The van der Waals surface area contributed by atoms with Crippen molar-refractivity contribution >= 4 is 20.0 Å². The molecule has 0 aliphatic carbocycles. The molecule has 0 rings (SSSR count). The van der Waals surface area contributed by atoms with Crippen molar-refractivity contribution < 1.29 is 25.6 Å². The Bertz CT molecular complexity index is 416. The van der Waals surface area contributed by atoms with Crippen molar-refractivity contribution in [2.45, 2.75) is 67.4 Å². The molecular weight excluding hydrogens is 312 g/mol. The molecule has 0 fully saturated rings. The van der Waals surface area contributed by atoms with Crippen molar-refractivity contribution in [3.8, 4) is 0 Å². The van der Waals surface area contributed by atoms with Gasteiger partial charge in [-0.1, -0.05) is 33.4 Å². The van der Waals surface area contributed by atoms with Gasteiger partial charge < -0.3 is 0 Å². The fourth-order valence-electron chi connectivity index (χ4n) is 0.741. The molecule has 0 aromatic heterocycles. The highest BCUT2D eigenvalue weighted by atomic mass is 32.3. The Morgan fingerprint density at radius 1 is 0.700 bits per heavy atom. The summed E-state index contributed by atoms with van der Waals surface area (Å²) in [4.78, 5) is 0. The second kappa shape index (κ2) is 8.23. The SMILES string of the molecule is C.C.C.C.CN(S(=O)(=O)C(C)(C)F)S(=O)(=O)C(C)(C)F. The first-order valence-electron chi connectivity index (χ1n) is 4.27. The molecule has 0 bridgehead atoms. The molecule has 0 aliphatic heterocycles. The van der Waals surface area contributed by atoms with Gasteiger partial charge in [0.1, 0.15) is 0 Å². The number of sulfonamides is 2. The third kappa shape index (κ3) is 5.61. The van der Waals surface area contributed by atoms with Crippen LogP contribution in [0, 0.1) is 0 Å². The first kappa shape index (κ1) is 31.9. The summed E-state index contributed by atoms with van der Waals surface area (Å²) in [7, 11) is -8.95. The Morgan fingerprint density at radius 3 is 0.950 bits per heavy atom. The molecule has 0 unspecified atom stereocenters. The molecule has 0 heterocycles. The highest BCUT2D eigenvalue weighted by molar-refractivity contribution is 8.05. The summed E-state index contributed by atoms with van der Waals surface area (Å²) in [6, 6.07) is 0. The normalized spacial score (nSPS) is 12.4. The van der Waals surface area contributed by atoms with E-state index >= 15 is 0 Å². The Balaban J connectivity index is -0.000000187. The van der Waals surface area contributed by atoms with Crippen molar-refractivity contribution in [3.05, 3.63) is 0 Å². The minimum atomic E-state index is -4.78. The molecule has 5 nitrogen and oxygen atoms in total. The summed E-state index contributed by atoms with van der Waals surface area (Å²) in [6.07, 6.45) is 0. The average molecular weight is 344 g/mol. The largest absolute Gasteiger partial charge is 0.261 e. The minimum Gasteiger partial charge on any atom is -0.225 e. The van der Waals surface area contributed by atoms with Gasteiger partial charge in [0.15, 0.2) is 0 Å². The second-order valence-corrected chi connectivity index (χ2v) is 9.28. The van der Waals surface area contributed by atoms with Gasteiger partial charge in [0, 0.05) is 7.05 Å². The number of halogens is 2. The van der Waals surface area contributed by atoms with E-state index in [1.54, 1.807) is 0 Å². The van der Waals surface area contributed by atoms with Crippen LogP contribution in [0.5, 0.6) is 0 Å². The molecule has 0 aromatic carbocycles. The summed E-state index contributed by atoms with van der Waals surface area (Å²) in [5.41, 5.74) is 0. The Kier molecular flexibility index (Phi) is 13.1. The van der Waals surface area contributed by atoms with E-state index in [9.17, 15) is 25.6 Å². The molecule has 0 aromatic rings. The van der Waals surface area contributed by atoms with Crippen LogP contribution in [0.1, 0.15) is 57.4 Å².